The molecule has 8 heteroatoms. The maximum Gasteiger partial charge on any atom is 0.249 e. The lowest BCUT2D eigenvalue weighted by Gasteiger charge is -2.41. The van der Waals surface area contributed by atoms with Gasteiger partial charge >= 0.3 is 0 Å². The van der Waals surface area contributed by atoms with E-state index in [1.807, 2.05) is 0 Å². The third-order valence-electron chi connectivity index (χ3n) is 4.62. The number of hydrogen-bond acceptors (Lipinski definition) is 4. The number of nitrogens with zero attached hydrogens (tertiary/aromatic N) is 1. The molecule has 1 aromatic carbocycles. The third-order valence-corrected chi connectivity index (χ3v) is 4.62. The number of rotatable bonds is 5. The van der Waals surface area contributed by atoms with Crippen molar-refractivity contribution in [3.05, 3.63) is 29.8 Å². The minimum absolute atomic E-state index is 0.215. The van der Waals surface area contributed by atoms with Crippen molar-refractivity contribution < 1.29 is 27.8 Å². The van der Waals surface area contributed by atoms with Gasteiger partial charge < -0.3 is 19.7 Å². The van der Waals surface area contributed by atoms with Crippen LogP contribution in [0.1, 0.15) is 12.8 Å². The molecule has 0 bridgehead atoms. The van der Waals surface area contributed by atoms with Gasteiger partial charge in [-0.2, -0.15) is 0 Å². The molecule has 136 valence electrons. The largest absolute Gasteiger partial charge is 0.383 e. The Morgan fingerprint density at radius 3 is 2.76 bits per heavy atom. The monoisotopic (exact) mass is 354 g/mol. The van der Waals surface area contributed by atoms with Crippen molar-refractivity contribution >= 4 is 17.5 Å². The Morgan fingerprint density at radius 1 is 1.40 bits per heavy atom. The van der Waals surface area contributed by atoms with E-state index in [1.54, 1.807) is 0 Å². The fourth-order valence-corrected chi connectivity index (χ4v) is 3.13. The molecule has 2 fully saturated rings. The Labute approximate surface area is 144 Å². The fraction of sp³-hybridized carbons (Fsp3) is 0.529. The van der Waals surface area contributed by atoms with Gasteiger partial charge in [-0.15, -0.1) is 0 Å². The molecule has 0 aliphatic carbocycles. The number of piperidine rings is 1. The van der Waals surface area contributed by atoms with Gasteiger partial charge in [0.15, 0.2) is 11.6 Å². The number of anilines is 1. The molecule has 1 unspecified atom stereocenters. The first kappa shape index (κ1) is 17.8. The highest BCUT2D eigenvalue weighted by Crippen LogP contribution is 2.29. The fourth-order valence-electron chi connectivity index (χ4n) is 3.13. The van der Waals surface area contributed by atoms with Gasteiger partial charge in [0.1, 0.15) is 11.5 Å². The van der Waals surface area contributed by atoms with E-state index >= 15 is 0 Å². The van der Waals surface area contributed by atoms with Crippen LogP contribution in [0, 0.1) is 17.0 Å². The van der Waals surface area contributed by atoms with E-state index in [0.717, 1.165) is 12.1 Å². The summed E-state index contributed by atoms with van der Waals surface area (Å²) < 4.78 is 36.8. The van der Waals surface area contributed by atoms with Gasteiger partial charge in [0.25, 0.3) is 0 Å². The van der Waals surface area contributed by atoms with Crippen molar-refractivity contribution in [1.82, 2.24) is 5.32 Å². The molecule has 2 amide bonds. The summed E-state index contributed by atoms with van der Waals surface area (Å²) >= 11 is 0. The summed E-state index contributed by atoms with van der Waals surface area (Å²) in [5.41, 5.74) is -0.485. The molecular formula is C17H20F2N2O4. The standard InChI is InChI=1S/C17H20F2N2O4/c1-24-8-17(9-25-10-17)16(23)20-14-3-2-6-21(15(14)22)11-4-5-12(18)13(19)7-11/h4-5,7,14H,2-3,6,8-10H2,1H3,(H,20,23). The molecule has 25 heavy (non-hydrogen) atoms. The van der Waals surface area contributed by atoms with Crippen LogP contribution in [0.2, 0.25) is 0 Å². The average molecular weight is 354 g/mol. The molecular weight excluding hydrogens is 334 g/mol. The highest BCUT2D eigenvalue weighted by molar-refractivity contribution is 6.00. The first-order valence-electron chi connectivity index (χ1n) is 8.11. The second-order valence-electron chi connectivity index (χ2n) is 6.46. The van der Waals surface area contributed by atoms with E-state index in [-0.39, 0.29) is 37.3 Å². The summed E-state index contributed by atoms with van der Waals surface area (Å²) in [6.45, 7) is 1.11. The first-order valence-corrected chi connectivity index (χ1v) is 8.11. The number of amides is 2. The summed E-state index contributed by atoms with van der Waals surface area (Å²) in [5, 5.41) is 2.76. The Kier molecular flexibility index (Phi) is 5.01. The summed E-state index contributed by atoms with van der Waals surface area (Å²) in [6, 6.07) is 2.62. The van der Waals surface area contributed by atoms with Crippen LogP contribution in [0.3, 0.4) is 0 Å². The zero-order valence-electron chi connectivity index (χ0n) is 13.9. The zero-order chi connectivity index (χ0) is 18.0. The second kappa shape index (κ2) is 7.05. The number of nitrogens with one attached hydrogen (secondary N) is 1. The summed E-state index contributed by atoms with van der Waals surface area (Å²) in [4.78, 5) is 26.6. The molecule has 1 aromatic rings. The Bertz CT molecular complexity index is 679. The second-order valence-corrected chi connectivity index (χ2v) is 6.46. The van der Waals surface area contributed by atoms with Crippen molar-refractivity contribution in [3.63, 3.8) is 0 Å². The van der Waals surface area contributed by atoms with E-state index in [0.29, 0.717) is 19.4 Å². The van der Waals surface area contributed by atoms with Gasteiger partial charge in [0.2, 0.25) is 11.8 Å². The molecule has 0 aromatic heterocycles. The van der Waals surface area contributed by atoms with E-state index in [2.05, 4.69) is 5.32 Å². The van der Waals surface area contributed by atoms with Crippen LogP contribution in [0.25, 0.3) is 0 Å². The van der Waals surface area contributed by atoms with Crippen molar-refractivity contribution in [1.29, 1.82) is 0 Å². The number of benzene rings is 1. The van der Waals surface area contributed by atoms with Crippen LogP contribution in [0.4, 0.5) is 14.5 Å². The number of methoxy groups -OCH3 is 1. The average Bonchev–Trinajstić information content (AvgIpc) is 2.55. The molecule has 1 N–H and O–H groups in total. The normalized spacial score (nSPS) is 22.4. The third kappa shape index (κ3) is 3.36. The predicted molar refractivity (Wildman–Crippen MR) is 85.0 cm³/mol. The van der Waals surface area contributed by atoms with Crippen LogP contribution in [0.5, 0.6) is 0 Å². The van der Waals surface area contributed by atoms with E-state index in [9.17, 15) is 18.4 Å². The predicted octanol–water partition coefficient (Wildman–Crippen LogP) is 1.24. The van der Waals surface area contributed by atoms with Crippen LogP contribution in [-0.4, -0.2) is 51.3 Å². The minimum Gasteiger partial charge on any atom is -0.383 e. The van der Waals surface area contributed by atoms with Crippen LogP contribution in [-0.2, 0) is 19.1 Å². The zero-order valence-corrected chi connectivity index (χ0v) is 13.9. The van der Waals surface area contributed by atoms with Crippen LogP contribution < -0.4 is 10.2 Å². The molecule has 2 heterocycles. The van der Waals surface area contributed by atoms with E-state index < -0.39 is 23.1 Å². The van der Waals surface area contributed by atoms with Gasteiger partial charge in [-0.25, -0.2) is 8.78 Å². The summed E-state index contributed by atoms with van der Waals surface area (Å²) in [6.07, 6.45) is 1.14. The lowest BCUT2D eigenvalue weighted by atomic mass is 9.85. The topological polar surface area (TPSA) is 67.9 Å². The number of ether oxygens (including phenoxy) is 2. The van der Waals surface area contributed by atoms with Crippen molar-refractivity contribution in [2.24, 2.45) is 5.41 Å². The van der Waals surface area contributed by atoms with Gasteiger partial charge in [0.05, 0.1) is 19.8 Å². The van der Waals surface area contributed by atoms with Crippen molar-refractivity contribution in [2.45, 2.75) is 18.9 Å². The lowest BCUT2D eigenvalue weighted by Crippen LogP contribution is -2.61. The summed E-state index contributed by atoms with van der Waals surface area (Å²) in [5.74, 6) is -2.60. The molecule has 0 spiro atoms. The van der Waals surface area contributed by atoms with Crippen molar-refractivity contribution in [2.75, 3.05) is 38.4 Å². The van der Waals surface area contributed by atoms with Gasteiger partial charge in [-0.3, -0.25) is 9.59 Å². The molecule has 3 rings (SSSR count). The number of carbonyl (C=O) groups is 2. The van der Waals surface area contributed by atoms with Gasteiger partial charge in [-0.1, -0.05) is 0 Å². The van der Waals surface area contributed by atoms with Crippen LogP contribution in [0.15, 0.2) is 18.2 Å². The molecule has 0 saturated carbocycles. The molecule has 2 saturated heterocycles. The van der Waals surface area contributed by atoms with Crippen molar-refractivity contribution in [3.8, 4) is 0 Å². The van der Waals surface area contributed by atoms with Gasteiger partial charge in [-0.05, 0) is 25.0 Å². The molecule has 0 radical (unpaired) electrons. The SMILES string of the molecule is COCC1(C(=O)NC2CCCN(c3ccc(F)c(F)c3)C2=O)COC1. The maximum absolute atomic E-state index is 13.5. The maximum atomic E-state index is 13.5. The smallest absolute Gasteiger partial charge is 0.249 e. The number of halogens is 2. The number of carbonyl (C=O) groups excluding carboxylic acids is 2. The summed E-state index contributed by atoms with van der Waals surface area (Å²) in [7, 11) is 1.50. The van der Waals surface area contributed by atoms with E-state index in [4.69, 9.17) is 9.47 Å². The molecule has 6 nitrogen and oxygen atoms in total. The first-order chi connectivity index (χ1) is 12.0. The highest BCUT2D eigenvalue weighted by atomic mass is 19.2. The van der Waals surface area contributed by atoms with E-state index in [1.165, 1.54) is 18.1 Å². The molecule has 2 aliphatic rings. The Morgan fingerprint density at radius 2 is 2.16 bits per heavy atom. The minimum atomic E-state index is -1.01. The molecule has 1 atom stereocenters. The quantitative estimate of drug-likeness (QED) is 0.864. The van der Waals surface area contributed by atoms with Gasteiger partial charge in [0, 0.05) is 25.4 Å². The number of hydrogen-bond donors (Lipinski definition) is 1. The van der Waals surface area contributed by atoms with Crippen LogP contribution >= 0.6 is 0 Å². The Balaban J connectivity index is 1.71. The lowest BCUT2D eigenvalue weighted by molar-refractivity contribution is -0.173. The Hall–Kier alpha value is -2.06. The highest BCUT2D eigenvalue weighted by Gasteiger charge is 2.47. The molecule has 2 aliphatic heterocycles.